The van der Waals surface area contributed by atoms with Crippen LogP contribution in [0.2, 0.25) is 0 Å². The summed E-state index contributed by atoms with van der Waals surface area (Å²) < 4.78 is 5.20. The molecule has 2 aliphatic rings. The predicted molar refractivity (Wildman–Crippen MR) is 123 cm³/mol. The second-order valence-electron chi connectivity index (χ2n) is 8.90. The van der Waals surface area contributed by atoms with Crippen molar-refractivity contribution in [2.24, 2.45) is 5.92 Å². The molecule has 1 fully saturated rings. The highest BCUT2D eigenvalue weighted by molar-refractivity contribution is 5.95. The number of carbonyl (C=O) groups is 1. The summed E-state index contributed by atoms with van der Waals surface area (Å²) >= 11 is 0. The lowest BCUT2D eigenvalue weighted by Gasteiger charge is -2.30. The highest BCUT2D eigenvalue weighted by atomic mass is 16.5. The molecule has 0 unspecified atom stereocenters. The molecular formula is C25H34N4O2. The van der Waals surface area contributed by atoms with Crippen molar-refractivity contribution in [1.29, 1.82) is 0 Å². The Morgan fingerprint density at radius 3 is 2.52 bits per heavy atom. The molecule has 0 N–H and O–H groups in total. The van der Waals surface area contributed by atoms with Crippen LogP contribution in [0.5, 0.6) is 0 Å². The van der Waals surface area contributed by atoms with Crippen LogP contribution in [0.4, 0.5) is 5.69 Å². The maximum atomic E-state index is 13.0. The Labute approximate surface area is 185 Å². The largest absolute Gasteiger partial charge is 0.375 e. The molecule has 1 aliphatic carbocycles. The summed E-state index contributed by atoms with van der Waals surface area (Å²) in [6.45, 7) is 4.00. The second kappa shape index (κ2) is 10.8. The van der Waals surface area contributed by atoms with Crippen LogP contribution in [-0.2, 0) is 16.1 Å². The maximum absolute atomic E-state index is 13.0. The van der Waals surface area contributed by atoms with Crippen LogP contribution in [0.15, 0.2) is 36.9 Å². The number of ether oxygens (including phenoxy) is 1. The average Bonchev–Trinajstić information content (AvgIpc) is 3.60. The SMILES string of the molecule is COCC(=O)N1CCCCCCCN(CC2CC2)Cc2cc(-c3cncnc3)ccc21. The first kappa shape index (κ1) is 21.9. The van der Waals surface area contributed by atoms with Crippen molar-refractivity contribution in [3.63, 3.8) is 0 Å². The fraction of sp³-hybridized carbons (Fsp3) is 0.560. The minimum Gasteiger partial charge on any atom is -0.375 e. The first-order valence-corrected chi connectivity index (χ1v) is 11.6. The summed E-state index contributed by atoms with van der Waals surface area (Å²) in [6, 6.07) is 6.42. The normalized spacial score (nSPS) is 18.7. The van der Waals surface area contributed by atoms with Gasteiger partial charge in [0, 0.05) is 50.4 Å². The van der Waals surface area contributed by atoms with Crippen LogP contribution in [0.25, 0.3) is 11.1 Å². The maximum Gasteiger partial charge on any atom is 0.252 e. The number of fused-ring (bicyclic) bond motifs is 1. The fourth-order valence-corrected chi connectivity index (χ4v) is 4.46. The standard InChI is InChI=1S/C25H34N4O2/c1-31-18-25(30)29-12-6-4-2-3-5-11-28(16-20-7-8-20)17-22-13-21(9-10-24(22)29)23-14-26-19-27-15-23/h9-10,13-15,19-20H,2-8,11-12,16-18H2,1H3. The summed E-state index contributed by atoms with van der Waals surface area (Å²) in [6.07, 6.45) is 13.9. The van der Waals surface area contributed by atoms with Gasteiger partial charge in [0.25, 0.3) is 5.91 Å². The van der Waals surface area contributed by atoms with Gasteiger partial charge in [-0.15, -0.1) is 0 Å². The molecule has 1 saturated carbocycles. The Kier molecular flexibility index (Phi) is 7.65. The first-order valence-electron chi connectivity index (χ1n) is 11.6. The van der Waals surface area contributed by atoms with Crippen LogP contribution in [0, 0.1) is 5.92 Å². The Morgan fingerprint density at radius 1 is 1.03 bits per heavy atom. The molecular weight excluding hydrogens is 388 g/mol. The number of methoxy groups -OCH3 is 1. The van der Waals surface area contributed by atoms with E-state index in [-0.39, 0.29) is 12.5 Å². The molecule has 2 aromatic rings. The van der Waals surface area contributed by atoms with Gasteiger partial charge in [-0.05, 0) is 61.4 Å². The molecule has 2 heterocycles. The zero-order chi connectivity index (χ0) is 21.5. The fourth-order valence-electron chi connectivity index (χ4n) is 4.46. The van der Waals surface area contributed by atoms with Crippen molar-refractivity contribution < 1.29 is 9.53 Å². The van der Waals surface area contributed by atoms with Crippen molar-refractivity contribution in [3.05, 3.63) is 42.5 Å². The molecule has 4 rings (SSSR count). The van der Waals surface area contributed by atoms with Crippen molar-refractivity contribution in [3.8, 4) is 11.1 Å². The summed E-state index contributed by atoms with van der Waals surface area (Å²) in [5.74, 6) is 0.874. The lowest BCUT2D eigenvalue weighted by Crippen LogP contribution is -2.36. The van der Waals surface area contributed by atoms with Gasteiger partial charge in [-0.1, -0.05) is 25.3 Å². The molecule has 1 aliphatic heterocycles. The van der Waals surface area contributed by atoms with Crippen molar-refractivity contribution in [2.45, 2.75) is 51.5 Å². The monoisotopic (exact) mass is 422 g/mol. The van der Waals surface area contributed by atoms with Gasteiger partial charge in [-0.25, -0.2) is 9.97 Å². The summed E-state index contributed by atoms with van der Waals surface area (Å²) in [5, 5.41) is 0. The molecule has 166 valence electrons. The molecule has 1 aromatic carbocycles. The number of aromatic nitrogens is 2. The van der Waals surface area contributed by atoms with E-state index >= 15 is 0 Å². The van der Waals surface area contributed by atoms with Crippen molar-refractivity contribution >= 4 is 11.6 Å². The Balaban J connectivity index is 1.70. The molecule has 1 amide bonds. The van der Waals surface area contributed by atoms with E-state index in [9.17, 15) is 4.79 Å². The lowest BCUT2D eigenvalue weighted by atomic mass is 10.0. The third-order valence-electron chi connectivity index (χ3n) is 6.30. The van der Waals surface area contributed by atoms with E-state index in [1.807, 2.05) is 17.3 Å². The first-order chi connectivity index (χ1) is 15.2. The van der Waals surface area contributed by atoms with Gasteiger partial charge in [0.1, 0.15) is 12.9 Å². The highest BCUT2D eigenvalue weighted by Gasteiger charge is 2.26. The highest BCUT2D eigenvalue weighted by Crippen LogP contribution is 2.33. The van der Waals surface area contributed by atoms with E-state index in [1.165, 1.54) is 37.7 Å². The van der Waals surface area contributed by atoms with E-state index < -0.39 is 0 Å². The van der Waals surface area contributed by atoms with Gasteiger partial charge < -0.3 is 9.64 Å². The Hall–Kier alpha value is -2.31. The van der Waals surface area contributed by atoms with Gasteiger partial charge in [0.05, 0.1) is 0 Å². The molecule has 6 nitrogen and oxygen atoms in total. The van der Waals surface area contributed by atoms with Crippen molar-refractivity contribution in [1.82, 2.24) is 14.9 Å². The van der Waals surface area contributed by atoms with Gasteiger partial charge in [-0.3, -0.25) is 9.69 Å². The number of hydrogen-bond donors (Lipinski definition) is 0. The van der Waals surface area contributed by atoms with Crippen LogP contribution in [0.3, 0.4) is 0 Å². The van der Waals surface area contributed by atoms with Gasteiger partial charge >= 0.3 is 0 Å². The van der Waals surface area contributed by atoms with E-state index in [0.29, 0.717) is 0 Å². The number of amides is 1. The minimum absolute atomic E-state index is 0.0327. The van der Waals surface area contributed by atoms with Crippen LogP contribution in [0.1, 0.15) is 50.5 Å². The second-order valence-corrected chi connectivity index (χ2v) is 8.90. The van der Waals surface area contributed by atoms with Gasteiger partial charge in [0.2, 0.25) is 0 Å². The zero-order valence-electron chi connectivity index (χ0n) is 18.6. The van der Waals surface area contributed by atoms with E-state index in [0.717, 1.165) is 61.8 Å². The van der Waals surface area contributed by atoms with Gasteiger partial charge in [-0.2, -0.15) is 0 Å². The smallest absolute Gasteiger partial charge is 0.252 e. The molecule has 31 heavy (non-hydrogen) atoms. The lowest BCUT2D eigenvalue weighted by molar-refractivity contribution is -0.122. The topological polar surface area (TPSA) is 58.6 Å². The van der Waals surface area contributed by atoms with Gasteiger partial charge in [0.15, 0.2) is 0 Å². The van der Waals surface area contributed by atoms with E-state index in [4.69, 9.17) is 4.74 Å². The van der Waals surface area contributed by atoms with Crippen LogP contribution in [-0.4, -0.2) is 54.1 Å². The van der Waals surface area contributed by atoms with E-state index in [2.05, 4.69) is 33.1 Å². The third-order valence-corrected chi connectivity index (χ3v) is 6.30. The minimum atomic E-state index is 0.0327. The molecule has 0 radical (unpaired) electrons. The number of nitrogens with zero attached hydrogens (tertiary/aromatic N) is 4. The molecule has 0 saturated heterocycles. The molecule has 0 spiro atoms. The average molecular weight is 423 g/mol. The third kappa shape index (κ3) is 6.11. The number of rotatable bonds is 5. The van der Waals surface area contributed by atoms with Crippen LogP contribution < -0.4 is 4.90 Å². The van der Waals surface area contributed by atoms with Crippen molar-refractivity contribution in [2.75, 3.05) is 38.3 Å². The quantitative estimate of drug-likeness (QED) is 0.719. The summed E-state index contributed by atoms with van der Waals surface area (Å²) in [4.78, 5) is 25.9. The number of benzene rings is 1. The predicted octanol–water partition coefficient (Wildman–Crippen LogP) is 4.30. The molecule has 0 bridgehead atoms. The zero-order valence-corrected chi connectivity index (χ0v) is 18.6. The molecule has 1 aromatic heterocycles. The number of anilines is 1. The number of carbonyl (C=O) groups excluding carboxylic acids is 1. The van der Waals surface area contributed by atoms with E-state index in [1.54, 1.807) is 13.4 Å². The molecule has 6 heteroatoms. The Bertz CT molecular complexity index is 854. The molecule has 0 atom stereocenters. The number of hydrogen-bond acceptors (Lipinski definition) is 5. The Morgan fingerprint density at radius 2 is 1.77 bits per heavy atom. The summed E-state index contributed by atoms with van der Waals surface area (Å²) in [7, 11) is 1.59. The summed E-state index contributed by atoms with van der Waals surface area (Å²) in [5.41, 5.74) is 4.31. The van der Waals surface area contributed by atoms with Crippen LogP contribution >= 0.6 is 0 Å².